The molecule has 0 radical (unpaired) electrons. The molecule has 4 nitrogen and oxygen atoms in total. The lowest BCUT2D eigenvalue weighted by Gasteiger charge is -2.35. The normalized spacial score (nSPS) is 23.5. The third-order valence-corrected chi connectivity index (χ3v) is 4.01. The summed E-state index contributed by atoms with van der Waals surface area (Å²) in [5, 5.41) is 12.1. The second-order valence-corrected chi connectivity index (χ2v) is 7.66. The minimum atomic E-state index is 0.0120. The van der Waals surface area contributed by atoms with Gasteiger partial charge in [-0.3, -0.25) is 0 Å². The zero-order chi connectivity index (χ0) is 14.1. The molecule has 1 aromatic rings. The molecule has 1 atom stereocenters. The summed E-state index contributed by atoms with van der Waals surface area (Å²) in [5.74, 6) is 0. The van der Waals surface area contributed by atoms with Crippen molar-refractivity contribution in [1.29, 1.82) is 0 Å². The molecule has 1 heterocycles. The summed E-state index contributed by atoms with van der Waals surface area (Å²) in [5.41, 5.74) is 1.54. The van der Waals surface area contributed by atoms with Gasteiger partial charge in [0.2, 0.25) is 0 Å². The lowest BCUT2D eigenvalue weighted by atomic mass is 9.75. The van der Waals surface area contributed by atoms with Gasteiger partial charge in [-0.1, -0.05) is 25.5 Å². The Balaban J connectivity index is 1.87. The summed E-state index contributed by atoms with van der Waals surface area (Å²) in [7, 11) is 0. The van der Waals surface area contributed by atoms with Gasteiger partial charge in [0.1, 0.15) is 0 Å². The quantitative estimate of drug-likeness (QED) is 0.912. The molecule has 108 valence electrons. The Morgan fingerprint density at radius 2 is 2.16 bits per heavy atom. The average molecular weight is 264 g/mol. The van der Waals surface area contributed by atoms with Gasteiger partial charge in [-0.2, -0.15) is 0 Å². The van der Waals surface area contributed by atoms with Gasteiger partial charge < -0.3 is 5.32 Å². The Kier molecular flexibility index (Phi) is 4.00. The van der Waals surface area contributed by atoms with E-state index in [0.717, 1.165) is 12.2 Å². The van der Waals surface area contributed by atoms with E-state index < -0.39 is 0 Å². The van der Waals surface area contributed by atoms with Crippen molar-refractivity contribution in [3.05, 3.63) is 11.9 Å². The highest BCUT2D eigenvalue weighted by Crippen LogP contribution is 2.35. The lowest BCUT2D eigenvalue weighted by Crippen LogP contribution is -2.36. The van der Waals surface area contributed by atoms with Crippen LogP contribution in [0.4, 0.5) is 0 Å². The molecule has 0 aliphatic heterocycles. The highest BCUT2D eigenvalue weighted by molar-refractivity contribution is 4.95. The van der Waals surface area contributed by atoms with Crippen molar-refractivity contribution in [3.63, 3.8) is 0 Å². The van der Waals surface area contributed by atoms with Crippen molar-refractivity contribution in [2.24, 2.45) is 5.41 Å². The minimum Gasteiger partial charge on any atom is -0.308 e. The second-order valence-electron chi connectivity index (χ2n) is 7.66. The molecule has 0 aromatic carbocycles. The molecular weight excluding hydrogens is 236 g/mol. The Hall–Kier alpha value is -0.900. The van der Waals surface area contributed by atoms with E-state index in [-0.39, 0.29) is 5.54 Å². The Bertz CT molecular complexity index is 414. The average Bonchev–Trinajstić information content (AvgIpc) is 2.73. The smallest absolute Gasteiger partial charge is 0.0965 e. The molecular formula is C15H28N4. The van der Waals surface area contributed by atoms with Crippen molar-refractivity contribution in [3.8, 4) is 0 Å². The number of nitrogens with one attached hydrogen (secondary N) is 1. The van der Waals surface area contributed by atoms with E-state index in [4.69, 9.17) is 0 Å². The van der Waals surface area contributed by atoms with Crippen LogP contribution in [0.5, 0.6) is 0 Å². The van der Waals surface area contributed by atoms with Gasteiger partial charge in [0.25, 0.3) is 0 Å². The van der Waals surface area contributed by atoms with Crippen LogP contribution in [0.1, 0.15) is 66.0 Å². The molecule has 2 rings (SSSR count). The molecule has 0 bridgehead atoms. The summed E-state index contributed by atoms with van der Waals surface area (Å²) < 4.78 is 1.94. The van der Waals surface area contributed by atoms with Crippen LogP contribution in [0.2, 0.25) is 0 Å². The van der Waals surface area contributed by atoms with Crippen LogP contribution in [0.15, 0.2) is 6.20 Å². The zero-order valence-electron chi connectivity index (χ0n) is 13.0. The molecule has 0 spiro atoms. The fourth-order valence-electron chi connectivity index (χ4n) is 2.83. The van der Waals surface area contributed by atoms with Crippen LogP contribution in [-0.2, 0) is 12.1 Å². The highest BCUT2D eigenvalue weighted by Gasteiger charge is 2.27. The first-order chi connectivity index (χ1) is 8.76. The SMILES string of the molecule is CC1(C)CCCC(NCc2cn(C(C)(C)C)nn2)C1. The monoisotopic (exact) mass is 264 g/mol. The Labute approximate surface area is 117 Å². The van der Waals surface area contributed by atoms with E-state index in [9.17, 15) is 0 Å². The maximum atomic E-state index is 4.25. The standard InChI is InChI=1S/C15H28N4/c1-14(2,3)19-11-13(17-18-19)10-16-12-7-6-8-15(4,5)9-12/h11-12,16H,6-10H2,1-5H3. The van der Waals surface area contributed by atoms with Gasteiger partial charge in [-0.25, -0.2) is 4.68 Å². The number of nitrogens with zero attached hydrogens (tertiary/aromatic N) is 3. The van der Waals surface area contributed by atoms with E-state index in [1.807, 2.05) is 4.68 Å². The van der Waals surface area contributed by atoms with Gasteiger partial charge in [0.05, 0.1) is 17.4 Å². The van der Waals surface area contributed by atoms with E-state index >= 15 is 0 Å². The van der Waals surface area contributed by atoms with Crippen LogP contribution >= 0.6 is 0 Å². The fourth-order valence-corrected chi connectivity index (χ4v) is 2.83. The van der Waals surface area contributed by atoms with Crippen LogP contribution in [0, 0.1) is 5.41 Å². The Morgan fingerprint density at radius 3 is 2.74 bits per heavy atom. The van der Waals surface area contributed by atoms with Gasteiger partial charge in [-0.05, 0) is 45.4 Å². The molecule has 0 amide bonds. The molecule has 1 fully saturated rings. The molecule has 1 aromatic heterocycles. The van der Waals surface area contributed by atoms with Crippen LogP contribution in [0.3, 0.4) is 0 Å². The highest BCUT2D eigenvalue weighted by atomic mass is 15.4. The molecule has 4 heteroatoms. The van der Waals surface area contributed by atoms with E-state index in [0.29, 0.717) is 11.5 Å². The van der Waals surface area contributed by atoms with E-state index in [1.54, 1.807) is 0 Å². The van der Waals surface area contributed by atoms with Crippen LogP contribution in [0.25, 0.3) is 0 Å². The van der Waals surface area contributed by atoms with Crippen molar-refractivity contribution in [1.82, 2.24) is 20.3 Å². The number of rotatable bonds is 3. The largest absolute Gasteiger partial charge is 0.308 e. The predicted octanol–water partition coefficient (Wildman–Crippen LogP) is 3.09. The summed E-state index contributed by atoms with van der Waals surface area (Å²) in [4.78, 5) is 0. The van der Waals surface area contributed by atoms with Gasteiger partial charge in [0.15, 0.2) is 0 Å². The number of aromatic nitrogens is 3. The summed E-state index contributed by atoms with van der Waals surface area (Å²) >= 11 is 0. The topological polar surface area (TPSA) is 42.7 Å². The second kappa shape index (κ2) is 5.23. The maximum absolute atomic E-state index is 4.25. The van der Waals surface area contributed by atoms with Crippen molar-refractivity contribution in [2.75, 3.05) is 0 Å². The van der Waals surface area contributed by atoms with Gasteiger partial charge in [-0.15, -0.1) is 5.10 Å². The molecule has 1 unspecified atom stereocenters. The van der Waals surface area contributed by atoms with Gasteiger partial charge >= 0.3 is 0 Å². The molecule has 19 heavy (non-hydrogen) atoms. The van der Waals surface area contributed by atoms with E-state index in [2.05, 4.69) is 56.4 Å². The first-order valence-electron chi connectivity index (χ1n) is 7.41. The first kappa shape index (κ1) is 14.5. The first-order valence-corrected chi connectivity index (χ1v) is 7.41. The fraction of sp³-hybridized carbons (Fsp3) is 0.867. The predicted molar refractivity (Wildman–Crippen MR) is 77.9 cm³/mol. The molecule has 0 saturated heterocycles. The summed E-state index contributed by atoms with van der Waals surface area (Å²) in [6.45, 7) is 12.0. The van der Waals surface area contributed by atoms with Crippen molar-refractivity contribution >= 4 is 0 Å². The number of hydrogen-bond acceptors (Lipinski definition) is 3. The number of hydrogen-bond donors (Lipinski definition) is 1. The van der Waals surface area contributed by atoms with Gasteiger partial charge in [0, 0.05) is 12.6 Å². The summed E-state index contributed by atoms with van der Waals surface area (Å²) in [6.07, 6.45) is 7.29. The molecule has 1 aliphatic rings. The molecule has 1 aliphatic carbocycles. The van der Waals surface area contributed by atoms with Crippen LogP contribution < -0.4 is 5.32 Å². The minimum absolute atomic E-state index is 0.0120. The molecule has 1 saturated carbocycles. The molecule has 1 N–H and O–H groups in total. The van der Waals surface area contributed by atoms with Crippen molar-refractivity contribution < 1.29 is 0 Å². The third kappa shape index (κ3) is 4.03. The van der Waals surface area contributed by atoms with E-state index in [1.165, 1.54) is 25.7 Å². The Morgan fingerprint density at radius 1 is 1.42 bits per heavy atom. The lowest BCUT2D eigenvalue weighted by molar-refractivity contribution is 0.197. The zero-order valence-corrected chi connectivity index (χ0v) is 13.0. The third-order valence-electron chi connectivity index (χ3n) is 4.01. The van der Waals surface area contributed by atoms with Crippen molar-refractivity contribution in [2.45, 2.75) is 78.4 Å². The maximum Gasteiger partial charge on any atom is 0.0965 e. The summed E-state index contributed by atoms with van der Waals surface area (Å²) in [6, 6.07) is 0.628. The van der Waals surface area contributed by atoms with Crippen LogP contribution in [-0.4, -0.2) is 21.0 Å².